The standard InChI is InChI=1S/C19H26ClNO3S/c1-3-17(19(23)24-15-7-5-4-6-8-15)25-12-18(22)21-16-10-9-14(20)11-13(16)2/h9-11,15,17H,3-8,12H2,1-2H3,(H,21,22). The van der Waals surface area contributed by atoms with Gasteiger partial charge in [0.05, 0.1) is 5.75 Å². The van der Waals surface area contributed by atoms with E-state index in [2.05, 4.69) is 5.32 Å². The molecule has 0 spiro atoms. The molecular weight excluding hydrogens is 358 g/mol. The summed E-state index contributed by atoms with van der Waals surface area (Å²) in [7, 11) is 0. The molecule has 0 saturated heterocycles. The van der Waals surface area contributed by atoms with Crippen molar-refractivity contribution in [2.75, 3.05) is 11.1 Å². The SMILES string of the molecule is CCC(SCC(=O)Nc1ccc(Cl)cc1C)C(=O)OC1CCCCC1. The Bertz CT molecular complexity index is 602. The number of benzene rings is 1. The molecule has 0 bridgehead atoms. The van der Waals surface area contributed by atoms with Crippen LogP contribution in [0.2, 0.25) is 5.02 Å². The molecule has 6 heteroatoms. The second-order valence-electron chi connectivity index (χ2n) is 6.41. The molecule has 1 aromatic rings. The summed E-state index contributed by atoms with van der Waals surface area (Å²) in [6.45, 7) is 3.84. The van der Waals surface area contributed by atoms with Crippen molar-refractivity contribution in [3.8, 4) is 0 Å². The molecule has 25 heavy (non-hydrogen) atoms. The fourth-order valence-electron chi connectivity index (χ4n) is 2.91. The molecule has 0 aliphatic heterocycles. The van der Waals surface area contributed by atoms with Gasteiger partial charge < -0.3 is 10.1 Å². The van der Waals surface area contributed by atoms with Crippen molar-refractivity contribution < 1.29 is 14.3 Å². The molecule has 0 radical (unpaired) electrons. The van der Waals surface area contributed by atoms with E-state index < -0.39 is 0 Å². The van der Waals surface area contributed by atoms with Crippen molar-refractivity contribution in [2.45, 2.75) is 63.7 Å². The van der Waals surface area contributed by atoms with Gasteiger partial charge in [-0.05, 0) is 62.8 Å². The monoisotopic (exact) mass is 383 g/mol. The number of amides is 1. The van der Waals surface area contributed by atoms with E-state index in [0.717, 1.165) is 36.9 Å². The third-order valence-corrected chi connectivity index (χ3v) is 5.94. The number of aryl methyl sites for hydroxylation is 1. The lowest BCUT2D eigenvalue weighted by Crippen LogP contribution is -2.28. The van der Waals surface area contributed by atoms with Gasteiger partial charge in [0.25, 0.3) is 0 Å². The summed E-state index contributed by atoms with van der Waals surface area (Å²) in [5.74, 6) is -0.0884. The molecule has 1 amide bonds. The zero-order valence-corrected chi connectivity index (χ0v) is 16.4. The molecule has 0 heterocycles. The zero-order chi connectivity index (χ0) is 18.2. The fraction of sp³-hybridized carbons (Fsp3) is 0.579. The van der Waals surface area contributed by atoms with E-state index in [1.165, 1.54) is 18.2 Å². The lowest BCUT2D eigenvalue weighted by Gasteiger charge is -2.24. The van der Waals surface area contributed by atoms with Crippen LogP contribution >= 0.6 is 23.4 Å². The van der Waals surface area contributed by atoms with Crippen molar-refractivity contribution in [1.29, 1.82) is 0 Å². The molecule has 1 aliphatic rings. The van der Waals surface area contributed by atoms with Crippen molar-refractivity contribution in [3.05, 3.63) is 28.8 Å². The summed E-state index contributed by atoms with van der Waals surface area (Å²) < 4.78 is 5.62. The third-order valence-electron chi connectivity index (χ3n) is 4.35. The molecule has 0 aromatic heterocycles. The van der Waals surface area contributed by atoms with Crippen molar-refractivity contribution in [1.82, 2.24) is 0 Å². The summed E-state index contributed by atoms with van der Waals surface area (Å²) in [4.78, 5) is 24.5. The number of esters is 1. The summed E-state index contributed by atoms with van der Waals surface area (Å²) in [5.41, 5.74) is 1.66. The number of carbonyl (C=O) groups is 2. The first-order valence-electron chi connectivity index (χ1n) is 8.87. The second-order valence-corrected chi connectivity index (χ2v) is 8.04. The van der Waals surface area contributed by atoms with Crippen LogP contribution < -0.4 is 5.32 Å². The van der Waals surface area contributed by atoms with Gasteiger partial charge in [0.15, 0.2) is 0 Å². The van der Waals surface area contributed by atoms with Crippen LogP contribution in [0.5, 0.6) is 0 Å². The van der Waals surface area contributed by atoms with E-state index in [1.807, 2.05) is 13.8 Å². The van der Waals surface area contributed by atoms with Gasteiger partial charge in [-0.15, -0.1) is 11.8 Å². The van der Waals surface area contributed by atoms with Crippen LogP contribution in [0.4, 0.5) is 5.69 Å². The van der Waals surface area contributed by atoms with Crippen LogP contribution in [0.3, 0.4) is 0 Å². The number of nitrogens with one attached hydrogen (secondary N) is 1. The van der Waals surface area contributed by atoms with Crippen LogP contribution in [0.15, 0.2) is 18.2 Å². The second kappa shape index (κ2) is 10.1. The Labute approximate surface area is 159 Å². The molecule has 2 rings (SSSR count). The van der Waals surface area contributed by atoms with Gasteiger partial charge in [-0.25, -0.2) is 0 Å². The molecular formula is C19H26ClNO3S. The minimum absolute atomic E-state index is 0.0569. The van der Waals surface area contributed by atoms with E-state index >= 15 is 0 Å². The largest absolute Gasteiger partial charge is 0.462 e. The highest BCUT2D eigenvalue weighted by Crippen LogP contribution is 2.24. The molecule has 1 aromatic carbocycles. The Balaban J connectivity index is 1.80. The summed E-state index contributed by atoms with van der Waals surface area (Å²) in [6.07, 6.45) is 6.12. The lowest BCUT2D eigenvalue weighted by molar-refractivity contribution is -0.149. The maximum atomic E-state index is 12.3. The minimum atomic E-state index is -0.293. The molecule has 1 atom stereocenters. The average molecular weight is 384 g/mol. The van der Waals surface area contributed by atoms with Crippen LogP contribution in [-0.2, 0) is 14.3 Å². The summed E-state index contributed by atoms with van der Waals surface area (Å²) in [6, 6.07) is 5.34. The highest BCUT2D eigenvalue weighted by molar-refractivity contribution is 8.01. The number of thioether (sulfide) groups is 1. The number of rotatable bonds is 7. The number of ether oxygens (including phenoxy) is 1. The summed E-state index contributed by atoms with van der Waals surface area (Å²) in [5, 5.41) is 3.21. The Hall–Kier alpha value is -1.20. The molecule has 1 aliphatic carbocycles. The fourth-order valence-corrected chi connectivity index (χ4v) is 3.98. The first-order chi connectivity index (χ1) is 12.0. The molecule has 1 unspecified atom stereocenters. The Morgan fingerprint density at radius 2 is 2.04 bits per heavy atom. The van der Waals surface area contributed by atoms with Gasteiger partial charge >= 0.3 is 5.97 Å². The van der Waals surface area contributed by atoms with Crippen LogP contribution in [0, 0.1) is 6.92 Å². The predicted molar refractivity (Wildman–Crippen MR) is 104 cm³/mol. The number of carbonyl (C=O) groups excluding carboxylic acids is 2. The van der Waals surface area contributed by atoms with Gasteiger partial charge in [-0.3, -0.25) is 9.59 Å². The normalized spacial score (nSPS) is 16.3. The molecule has 138 valence electrons. The van der Waals surface area contributed by atoms with Gasteiger partial charge in [0, 0.05) is 10.7 Å². The Morgan fingerprint density at radius 1 is 1.32 bits per heavy atom. The molecule has 1 N–H and O–H groups in total. The Morgan fingerprint density at radius 3 is 2.68 bits per heavy atom. The highest BCUT2D eigenvalue weighted by Gasteiger charge is 2.24. The van der Waals surface area contributed by atoms with Gasteiger partial charge in [0.2, 0.25) is 5.91 Å². The van der Waals surface area contributed by atoms with E-state index in [4.69, 9.17) is 16.3 Å². The molecule has 1 saturated carbocycles. The smallest absolute Gasteiger partial charge is 0.319 e. The quantitative estimate of drug-likeness (QED) is 0.675. The average Bonchev–Trinajstić information content (AvgIpc) is 2.59. The highest BCUT2D eigenvalue weighted by atomic mass is 35.5. The maximum Gasteiger partial charge on any atom is 0.319 e. The zero-order valence-electron chi connectivity index (χ0n) is 14.8. The van der Waals surface area contributed by atoms with Crippen molar-refractivity contribution in [2.24, 2.45) is 0 Å². The maximum absolute atomic E-state index is 12.3. The van der Waals surface area contributed by atoms with Crippen LogP contribution in [-0.4, -0.2) is 29.0 Å². The Kier molecular flexibility index (Phi) is 8.10. The molecule has 1 fully saturated rings. The van der Waals surface area contributed by atoms with Gasteiger partial charge in [0.1, 0.15) is 11.4 Å². The first kappa shape index (κ1) is 20.1. The lowest BCUT2D eigenvalue weighted by atomic mass is 9.98. The first-order valence-corrected chi connectivity index (χ1v) is 10.3. The third kappa shape index (κ3) is 6.55. The van der Waals surface area contributed by atoms with E-state index in [9.17, 15) is 9.59 Å². The number of halogens is 1. The van der Waals surface area contributed by atoms with E-state index in [1.54, 1.807) is 18.2 Å². The van der Waals surface area contributed by atoms with Gasteiger partial charge in [-0.2, -0.15) is 0 Å². The number of anilines is 1. The van der Waals surface area contributed by atoms with Crippen molar-refractivity contribution >= 4 is 40.9 Å². The number of hydrogen-bond donors (Lipinski definition) is 1. The van der Waals surface area contributed by atoms with Crippen LogP contribution in [0.1, 0.15) is 51.0 Å². The topological polar surface area (TPSA) is 55.4 Å². The van der Waals surface area contributed by atoms with E-state index in [-0.39, 0.29) is 29.0 Å². The van der Waals surface area contributed by atoms with Crippen LogP contribution in [0.25, 0.3) is 0 Å². The van der Waals surface area contributed by atoms with Gasteiger partial charge in [-0.1, -0.05) is 24.9 Å². The molecule has 4 nitrogen and oxygen atoms in total. The van der Waals surface area contributed by atoms with Crippen molar-refractivity contribution in [3.63, 3.8) is 0 Å². The summed E-state index contributed by atoms with van der Waals surface area (Å²) >= 11 is 7.26. The predicted octanol–water partition coefficient (Wildman–Crippen LogP) is 4.97. The van der Waals surface area contributed by atoms with E-state index in [0.29, 0.717) is 11.4 Å². The number of hydrogen-bond acceptors (Lipinski definition) is 4. The minimum Gasteiger partial charge on any atom is -0.462 e.